The second-order valence-corrected chi connectivity index (χ2v) is 10.2. The zero-order valence-electron chi connectivity index (χ0n) is 20.2. The maximum Gasteiger partial charge on any atom is 0.264 e. The summed E-state index contributed by atoms with van der Waals surface area (Å²) in [6, 6.07) is 19.0. The van der Waals surface area contributed by atoms with Crippen molar-refractivity contribution in [2.75, 3.05) is 18.7 Å². The first-order chi connectivity index (χ1) is 17.1. The van der Waals surface area contributed by atoms with Crippen molar-refractivity contribution in [3.8, 4) is 5.75 Å². The maximum atomic E-state index is 12.3. The monoisotopic (exact) mass is 505 g/mol. The highest BCUT2D eigenvalue weighted by Gasteiger charge is 2.16. The third kappa shape index (κ3) is 5.99. The van der Waals surface area contributed by atoms with E-state index in [1.165, 1.54) is 6.20 Å². The fourth-order valence-electron chi connectivity index (χ4n) is 4.06. The number of pyridine rings is 1. The van der Waals surface area contributed by atoms with E-state index in [4.69, 9.17) is 14.7 Å². The normalized spacial score (nSPS) is 11.4. The van der Waals surface area contributed by atoms with Gasteiger partial charge in [0.2, 0.25) is 0 Å². The van der Waals surface area contributed by atoms with Gasteiger partial charge in [-0.05, 0) is 53.8 Å². The average Bonchev–Trinajstić information content (AvgIpc) is 2.83. The van der Waals surface area contributed by atoms with E-state index < -0.39 is 16.0 Å². The van der Waals surface area contributed by atoms with Gasteiger partial charge in [0.05, 0.1) is 36.7 Å². The molecule has 1 amide bonds. The Labute approximate surface area is 210 Å². The second-order valence-electron chi connectivity index (χ2n) is 8.54. The minimum Gasteiger partial charge on any atom is -0.497 e. The largest absolute Gasteiger partial charge is 0.497 e. The SMILES string of the molecule is COc1cccc(Nc2c(C(N)=O)cnc3c(C)cc(Cc4cccc(COS(C)(=O)=O)c4)cc23)c1. The molecule has 3 aromatic carbocycles. The zero-order valence-corrected chi connectivity index (χ0v) is 21.1. The van der Waals surface area contributed by atoms with Crippen LogP contribution >= 0.6 is 0 Å². The van der Waals surface area contributed by atoms with Crippen LogP contribution in [0.2, 0.25) is 0 Å². The predicted octanol–water partition coefficient (Wildman–Crippen LogP) is 4.46. The molecule has 186 valence electrons. The molecule has 0 fully saturated rings. The molecule has 4 aromatic rings. The lowest BCUT2D eigenvalue weighted by Gasteiger charge is -2.16. The highest BCUT2D eigenvalue weighted by Crippen LogP contribution is 2.33. The van der Waals surface area contributed by atoms with E-state index in [0.29, 0.717) is 17.9 Å². The molecule has 9 heteroatoms. The van der Waals surface area contributed by atoms with Crippen LogP contribution in [0.15, 0.2) is 66.9 Å². The Bertz CT molecular complexity index is 1550. The molecular formula is C27H27N3O5S. The number of aromatic nitrogens is 1. The summed E-state index contributed by atoms with van der Waals surface area (Å²) < 4.78 is 32.9. The van der Waals surface area contributed by atoms with E-state index in [0.717, 1.165) is 45.1 Å². The number of benzene rings is 3. The minimum atomic E-state index is -3.53. The molecule has 4 rings (SSSR count). The van der Waals surface area contributed by atoms with Crippen LogP contribution in [0.1, 0.15) is 32.6 Å². The first-order valence-corrected chi connectivity index (χ1v) is 13.0. The maximum absolute atomic E-state index is 12.3. The Morgan fingerprint density at radius 2 is 1.78 bits per heavy atom. The first kappa shape index (κ1) is 25.2. The van der Waals surface area contributed by atoms with Crippen LogP contribution in [-0.2, 0) is 27.3 Å². The molecule has 0 unspecified atom stereocenters. The topological polar surface area (TPSA) is 121 Å². The van der Waals surface area contributed by atoms with Gasteiger partial charge in [0.15, 0.2) is 0 Å². The van der Waals surface area contributed by atoms with Crippen LogP contribution in [0.5, 0.6) is 5.75 Å². The number of ether oxygens (including phenoxy) is 1. The first-order valence-electron chi connectivity index (χ1n) is 11.2. The molecule has 1 heterocycles. The molecule has 0 aliphatic rings. The molecule has 0 aliphatic carbocycles. The summed E-state index contributed by atoms with van der Waals surface area (Å²) in [5, 5.41) is 4.10. The number of amides is 1. The van der Waals surface area contributed by atoms with Gasteiger partial charge in [-0.1, -0.05) is 36.4 Å². The number of rotatable bonds is 9. The zero-order chi connectivity index (χ0) is 25.9. The van der Waals surface area contributed by atoms with Crippen molar-refractivity contribution in [3.05, 3.63) is 94.7 Å². The quantitative estimate of drug-likeness (QED) is 0.322. The van der Waals surface area contributed by atoms with Crippen molar-refractivity contribution in [3.63, 3.8) is 0 Å². The summed E-state index contributed by atoms with van der Waals surface area (Å²) in [5.41, 5.74) is 11.7. The van der Waals surface area contributed by atoms with Crippen LogP contribution < -0.4 is 15.8 Å². The third-order valence-electron chi connectivity index (χ3n) is 5.67. The Morgan fingerprint density at radius 1 is 1.03 bits per heavy atom. The molecule has 36 heavy (non-hydrogen) atoms. The molecule has 0 radical (unpaired) electrons. The summed E-state index contributed by atoms with van der Waals surface area (Å²) in [7, 11) is -1.94. The molecule has 0 saturated carbocycles. The molecule has 0 aliphatic heterocycles. The van der Waals surface area contributed by atoms with Crippen LogP contribution in [0, 0.1) is 6.92 Å². The number of carbonyl (C=O) groups is 1. The van der Waals surface area contributed by atoms with Gasteiger partial charge in [0.1, 0.15) is 5.75 Å². The number of fused-ring (bicyclic) bond motifs is 1. The molecule has 0 saturated heterocycles. The van der Waals surface area contributed by atoms with E-state index in [9.17, 15) is 13.2 Å². The number of primary amides is 1. The lowest BCUT2D eigenvalue weighted by molar-refractivity contribution is 0.100. The number of aryl methyl sites for hydroxylation is 1. The van der Waals surface area contributed by atoms with Crippen molar-refractivity contribution in [1.82, 2.24) is 4.98 Å². The average molecular weight is 506 g/mol. The lowest BCUT2D eigenvalue weighted by Crippen LogP contribution is -2.14. The number of hydrogen-bond donors (Lipinski definition) is 2. The van der Waals surface area contributed by atoms with Gasteiger partial charge in [-0.3, -0.25) is 14.0 Å². The van der Waals surface area contributed by atoms with Crippen LogP contribution in [0.25, 0.3) is 10.9 Å². The Morgan fingerprint density at radius 3 is 2.50 bits per heavy atom. The fourth-order valence-corrected chi connectivity index (χ4v) is 4.41. The van der Waals surface area contributed by atoms with E-state index in [2.05, 4.69) is 10.3 Å². The van der Waals surface area contributed by atoms with Crippen LogP contribution in [-0.4, -0.2) is 32.7 Å². The van der Waals surface area contributed by atoms with Crippen LogP contribution in [0.4, 0.5) is 11.4 Å². The Balaban J connectivity index is 1.74. The minimum absolute atomic E-state index is 0.0239. The van der Waals surface area contributed by atoms with Gasteiger partial charge in [-0.15, -0.1) is 0 Å². The number of nitrogens with two attached hydrogens (primary N) is 1. The summed E-state index contributed by atoms with van der Waals surface area (Å²) in [6.07, 6.45) is 3.11. The standard InChI is InChI=1S/C27H27N3O5S/c1-17-10-20(12-18-6-4-7-19(11-18)16-35-36(3,32)33)13-23-25(17)29-15-24(27(28)31)26(23)30-21-8-5-9-22(14-21)34-2/h4-11,13-15H,12,16H2,1-3H3,(H2,28,31)(H,29,30). The summed E-state index contributed by atoms with van der Waals surface area (Å²) in [5.74, 6) is 0.0898. The number of carbonyl (C=O) groups excluding carboxylic acids is 1. The van der Waals surface area contributed by atoms with Crippen molar-refractivity contribution < 1.29 is 22.1 Å². The Kier molecular flexibility index (Phi) is 7.23. The molecule has 1 aromatic heterocycles. The molecule has 3 N–H and O–H groups in total. The highest BCUT2D eigenvalue weighted by atomic mass is 32.2. The van der Waals surface area contributed by atoms with Gasteiger partial charge in [0.25, 0.3) is 16.0 Å². The molecule has 8 nitrogen and oxygen atoms in total. The molecule has 0 bridgehead atoms. The highest BCUT2D eigenvalue weighted by molar-refractivity contribution is 7.85. The smallest absolute Gasteiger partial charge is 0.264 e. The van der Waals surface area contributed by atoms with Crippen molar-refractivity contribution >= 4 is 38.3 Å². The molecule has 0 spiro atoms. The van der Waals surface area contributed by atoms with E-state index in [1.54, 1.807) is 7.11 Å². The number of nitrogens with one attached hydrogen (secondary N) is 1. The number of methoxy groups -OCH3 is 1. The number of anilines is 2. The third-order valence-corrected chi connectivity index (χ3v) is 6.21. The molecule has 0 atom stereocenters. The fraction of sp³-hybridized carbons (Fsp3) is 0.185. The van der Waals surface area contributed by atoms with E-state index >= 15 is 0 Å². The molecular weight excluding hydrogens is 478 g/mol. The summed E-state index contributed by atoms with van der Waals surface area (Å²) >= 11 is 0. The second kappa shape index (κ2) is 10.3. The van der Waals surface area contributed by atoms with Gasteiger partial charge < -0.3 is 15.8 Å². The van der Waals surface area contributed by atoms with E-state index in [-0.39, 0.29) is 12.2 Å². The lowest BCUT2D eigenvalue weighted by atomic mass is 9.97. The number of hydrogen-bond acceptors (Lipinski definition) is 7. The number of nitrogens with zero attached hydrogens (tertiary/aromatic N) is 1. The van der Waals surface area contributed by atoms with E-state index in [1.807, 2.05) is 67.6 Å². The van der Waals surface area contributed by atoms with Crippen LogP contribution in [0.3, 0.4) is 0 Å². The van der Waals surface area contributed by atoms with Crippen molar-refractivity contribution in [2.24, 2.45) is 5.73 Å². The van der Waals surface area contributed by atoms with Gasteiger partial charge in [-0.25, -0.2) is 0 Å². The van der Waals surface area contributed by atoms with Gasteiger partial charge in [0, 0.05) is 23.3 Å². The van der Waals surface area contributed by atoms with Crippen molar-refractivity contribution in [1.29, 1.82) is 0 Å². The predicted molar refractivity (Wildman–Crippen MR) is 140 cm³/mol. The Hall–Kier alpha value is -3.95. The summed E-state index contributed by atoms with van der Waals surface area (Å²) in [4.78, 5) is 16.8. The summed E-state index contributed by atoms with van der Waals surface area (Å²) in [6.45, 7) is 1.94. The van der Waals surface area contributed by atoms with Crippen molar-refractivity contribution in [2.45, 2.75) is 20.0 Å². The van der Waals surface area contributed by atoms with Gasteiger partial charge in [-0.2, -0.15) is 8.42 Å². The van der Waals surface area contributed by atoms with Gasteiger partial charge >= 0.3 is 0 Å².